The van der Waals surface area contributed by atoms with Crippen LogP contribution in [0.2, 0.25) is 5.02 Å². The number of nitrogens with two attached hydrogens (primary N) is 1. The highest BCUT2D eigenvalue weighted by atomic mass is 35.5. The predicted octanol–water partition coefficient (Wildman–Crippen LogP) is 3.27. The van der Waals surface area contributed by atoms with Crippen molar-refractivity contribution in [3.05, 3.63) is 58.0 Å². The summed E-state index contributed by atoms with van der Waals surface area (Å²) in [6.45, 7) is 1.99. The van der Waals surface area contributed by atoms with Gasteiger partial charge in [-0.05, 0) is 49.7 Å². The number of nitrogens with zero attached hydrogens (tertiary/aromatic N) is 1. The van der Waals surface area contributed by atoms with E-state index in [0.717, 1.165) is 16.7 Å². The molecule has 0 radical (unpaired) electrons. The lowest BCUT2D eigenvalue weighted by Crippen LogP contribution is -2.22. The zero-order valence-electron chi connectivity index (χ0n) is 11.5. The van der Waals surface area contributed by atoms with Crippen LogP contribution < -0.4 is 11.1 Å². The molecule has 0 aliphatic rings. The highest BCUT2D eigenvalue weighted by Crippen LogP contribution is 2.28. The first-order valence-corrected chi connectivity index (χ1v) is 6.73. The van der Waals surface area contributed by atoms with Crippen LogP contribution in [0.3, 0.4) is 0 Å². The van der Waals surface area contributed by atoms with Crippen molar-refractivity contribution < 1.29 is 4.39 Å². The molecule has 5 heteroatoms. The van der Waals surface area contributed by atoms with Gasteiger partial charge in [-0.25, -0.2) is 9.37 Å². The molecular weight excluding hydrogens is 277 g/mol. The summed E-state index contributed by atoms with van der Waals surface area (Å²) < 4.78 is 13.1. The summed E-state index contributed by atoms with van der Waals surface area (Å²) in [7, 11) is 1.86. The normalized spacial score (nSPS) is 12.4. The molecular formula is C15H17ClFN3. The fraction of sp³-hybridized carbons (Fsp3) is 0.267. The number of anilines is 1. The van der Waals surface area contributed by atoms with Gasteiger partial charge in [-0.1, -0.05) is 17.7 Å². The summed E-state index contributed by atoms with van der Waals surface area (Å²) in [6, 6.07) is 6.33. The molecule has 3 N–H and O–H groups in total. The second-order valence-electron chi connectivity index (χ2n) is 4.71. The van der Waals surface area contributed by atoms with E-state index in [0.29, 0.717) is 17.3 Å². The molecule has 3 nitrogen and oxygen atoms in total. The number of aryl methyl sites for hydroxylation is 1. The van der Waals surface area contributed by atoms with Crippen LogP contribution in [-0.4, -0.2) is 12.0 Å². The molecule has 2 aromatic rings. The topological polar surface area (TPSA) is 50.9 Å². The molecule has 0 spiro atoms. The molecule has 1 unspecified atom stereocenters. The van der Waals surface area contributed by atoms with Gasteiger partial charge in [0.15, 0.2) is 0 Å². The van der Waals surface area contributed by atoms with Gasteiger partial charge in [0.05, 0.1) is 0 Å². The highest BCUT2D eigenvalue weighted by Gasteiger charge is 2.17. The summed E-state index contributed by atoms with van der Waals surface area (Å²) in [5, 5.41) is 3.64. The number of pyridine rings is 1. The van der Waals surface area contributed by atoms with E-state index >= 15 is 0 Å². The Balaban J connectivity index is 2.34. The number of hydrogen-bond acceptors (Lipinski definition) is 3. The van der Waals surface area contributed by atoms with Gasteiger partial charge in [-0.3, -0.25) is 0 Å². The largest absolute Gasteiger partial charge is 0.383 e. The molecule has 0 bridgehead atoms. The van der Waals surface area contributed by atoms with Crippen LogP contribution in [0.25, 0.3) is 0 Å². The number of benzene rings is 1. The second-order valence-corrected chi connectivity index (χ2v) is 5.12. The molecule has 0 saturated heterocycles. The summed E-state index contributed by atoms with van der Waals surface area (Å²) in [4.78, 5) is 4.13. The minimum absolute atomic E-state index is 0.0216. The molecule has 0 aliphatic carbocycles. The first kappa shape index (κ1) is 14.8. The van der Waals surface area contributed by atoms with Gasteiger partial charge in [0.25, 0.3) is 0 Å². The number of nitrogen functional groups attached to an aromatic ring is 1. The number of aromatic nitrogens is 1. The minimum Gasteiger partial charge on any atom is -0.383 e. The van der Waals surface area contributed by atoms with Crippen molar-refractivity contribution in [2.24, 2.45) is 0 Å². The zero-order chi connectivity index (χ0) is 14.7. The summed E-state index contributed by atoms with van der Waals surface area (Å²) in [6.07, 6.45) is 2.30. The Labute approximate surface area is 123 Å². The van der Waals surface area contributed by atoms with Crippen molar-refractivity contribution in [1.82, 2.24) is 10.3 Å². The molecule has 0 saturated carbocycles. The van der Waals surface area contributed by atoms with Gasteiger partial charge >= 0.3 is 0 Å². The summed E-state index contributed by atoms with van der Waals surface area (Å²) in [5.41, 5.74) is 8.86. The Kier molecular flexibility index (Phi) is 4.57. The van der Waals surface area contributed by atoms with Crippen molar-refractivity contribution in [2.45, 2.75) is 19.4 Å². The Morgan fingerprint density at radius 2 is 2.15 bits per heavy atom. The first-order chi connectivity index (χ1) is 9.52. The predicted molar refractivity (Wildman–Crippen MR) is 80.3 cm³/mol. The molecule has 1 heterocycles. The van der Waals surface area contributed by atoms with Crippen molar-refractivity contribution in [3.8, 4) is 0 Å². The van der Waals surface area contributed by atoms with Crippen molar-refractivity contribution >= 4 is 17.4 Å². The second kappa shape index (κ2) is 6.20. The number of nitrogens with one attached hydrogen (secondary N) is 1. The van der Waals surface area contributed by atoms with E-state index in [1.54, 1.807) is 12.3 Å². The maximum atomic E-state index is 13.1. The first-order valence-electron chi connectivity index (χ1n) is 6.35. The van der Waals surface area contributed by atoms with Gasteiger partial charge in [0, 0.05) is 22.8 Å². The SMILES string of the molecule is CNC(Cc1ccc(F)cc1Cl)c1c(C)ccnc1N. The Morgan fingerprint density at radius 3 is 2.75 bits per heavy atom. The van der Waals surface area contributed by atoms with E-state index in [1.165, 1.54) is 12.1 Å². The maximum absolute atomic E-state index is 13.1. The third kappa shape index (κ3) is 3.08. The Morgan fingerprint density at radius 1 is 1.40 bits per heavy atom. The van der Waals surface area contributed by atoms with Crippen LogP contribution in [0.15, 0.2) is 30.5 Å². The van der Waals surface area contributed by atoms with Crippen molar-refractivity contribution in [1.29, 1.82) is 0 Å². The van der Waals surface area contributed by atoms with E-state index in [9.17, 15) is 4.39 Å². The average molecular weight is 294 g/mol. The fourth-order valence-corrected chi connectivity index (χ4v) is 2.54. The van der Waals surface area contributed by atoms with Crippen LogP contribution in [0.4, 0.5) is 10.2 Å². The molecule has 106 valence electrons. The van der Waals surface area contributed by atoms with E-state index in [4.69, 9.17) is 17.3 Å². The number of hydrogen-bond donors (Lipinski definition) is 2. The summed E-state index contributed by atoms with van der Waals surface area (Å²) >= 11 is 6.08. The standard InChI is InChI=1S/C15H17ClFN3/c1-9-5-6-20-15(18)14(9)13(19-2)7-10-3-4-11(17)8-12(10)16/h3-6,8,13,19H,7H2,1-2H3,(H2,18,20). The molecule has 0 aliphatic heterocycles. The van der Waals surface area contributed by atoms with Crippen LogP contribution in [0.1, 0.15) is 22.7 Å². The molecule has 0 amide bonds. The van der Waals surface area contributed by atoms with E-state index in [1.807, 2.05) is 20.0 Å². The maximum Gasteiger partial charge on any atom is 0.128 e. The Bertz CT molecular complexity index is 596. The highest BCUT2D eigenvalue weighted by molar-refractivity contribution is 6.31. The van der Waals surface area contributed by atoms with Gasteiger partial charge in [-0.2, -0.15) is 0 Å². The van der Waals surface area contributed by atoms with Gasteiger partial charge < -0.3 is 11.1 Å². The lowest BCUT2D eigenvalue weighted by atomic mass is 9.96. The summed E-state index contributed by atoms with van der Waals surface area (Å²) in [5.74, 6) is 0.166. The van der Waals surface area contributed by atoms with E-state index in [-0.39, 0.29) is 11.9 Å². The molecule has 1 aromatic heterocycles. The van der Waals surface area contributed by atoms with Crippen molar-refractivity contribution in [2.75, 3.05) is 12.8 Å². The van der Waals surface area contributed by atoms with Crippen LogP contribution in [0, 0.1) is 12.7 Å². The third-order valence-corrected chi connectivity index (χ3v) is 3.73. The minimum atomic E-state index is -0.336. The van der Waals surface area contributed by atoms with Crippen molar-refractivity contribution in [3.63, 3.8) is 0 Å². The lowest BCUT2D eigenvalue weighted by molar-refractivity contribution is 0.586. The van der Waals surface area contributed by atoms with E-state index in [2.05, 4.69) is 10.3 Å². The average Bonchev–Trinajstić information content (AvgIpc) is 2.39. The smallest absolute Gasteiger partial charge is 0.128 e. The third-order valence-electron chi connectivity index (χ3n) is 3.38. The van der Waals surface area contributed by atoms with Gasteiger partial charge in [-0.15, -0.1) is 0 Å². The van der Waals surface area contributed by atoms with Crippen LogP contribution in [-0.2, 0) is 6.42 Å². The van der Waals surface area contributed by atoms with Gasteiger partial charge in [0.1, 0.15) is 11.6 Å². The zero-order valence-corrected chi connectivity index (χ0v) is 12.2. The quantitative estimate of drug-likeness (QED) is 0.909. The Hall–Kier alpha value is -1.65. The molecule has 20 heavy (non-hydrogen) atoms. The molecule has 2 rings (SSSR count). The molecule has 1 aromatic carbocycles. The van der Waals surface area contributed by atoms with Crippen LogP contribution >= 0.6 is 11.6 Å². The molecule has 1 atom stereocenters. The lowest BCUT2D eigenvalue weighted by Gasteiger charge is -2.20. The fourth-order valence-electron chi connectivity index (χ4n) is 2.30. The monoisotopic (exact) mass is 293 g/mol. The molecule has 0 fully saturated rings. The number of halogens is 2. The number of rotatable bonds is 4. The van der Waals surface area contributed by atoms with Gasteiger partial charge in [0.2, 0.25) is 0 Å². The van der Waals surface area contributed by atoms with Crippen LogP contribution in [0.5, 0.6) is 0 Å². The number of likely N-dealkylation sites (N-methyl/N-ethyl adjacent to an activating group) is 1. The van der Waals surface area contributed by atoms with E-state index < -0.39 is 0 Å².